The summed E-state index contributed by atoms with van der Waals surface area (Å²) in [5, 5.41) is 0.602. The fourth-order valence-corrected chi connectivity index (χ4v) is 1.68. The fraction of sp³-hybridized carbons (Fsp3) is 0.0714. The highest BCUT2D eigenvalue weighted by Gasteiger charge is 2.06. The van der Waals surface area contributed by atoms with Crippen LogP contribution in [-0.2, 0) is 0 Å². The van der Waals surface area contributed by atoms with E-state index in [0.717, 1.165) is 5.56 Å². The van der Waals surface area contributed by atoms with Gasteiger partial charge >= 0.3 is 0 Å². The number of carbonyl (C=O) groups is 1. The Balaban J connectivity index is 2.02. The minimum absolute atomic E-state index is 0.241. The first-order valence-corrected chi connectivity index (χ1v) is 6.02. The zero-order chi connectivity index (χ0) is 13.8. The Bertz CT molecular complexity index is 616. The van der Waals surface area contributed by atoms with Gasteiger partial charge in [-0.05, 0) is 42.8 Å². The molecule has 0 radical (unpaired) electrons. The Labute approximate surface area is 115 Å². The lowest BCUT2D eigenvalue weighted by atomic mass is 10.2. The van der Waals surface area contributed by atoms with Crippen LogP contribution < -0.4 is 10.9 Å². The summed E-state index contributed by atoms with van der Waals surface area (Å²) < 4.78 is 13.0. The predicted molar refractivity (Wildman–Crippen MR) is 73.7 cm³/mol. The van der Waals surface area contributed by atoms with E-state index in [0.29, 0.717) is 10.7 Å². The van der Waals surface area contributed by atoms with Crippen LogP contribution in [0.3, 0.4) is 0 Å². The minimum Gasteiger partial charge on any atom is -0.298 e. The maximum atomic E-state index is 13.0. The van der Waals surface area contributed by atoms with E-state index in [9.17, 15) is 9.18 Å². The third-order valence-corrected chi connectivity index (χ3v) is 2.99. The first kappa shape index (κ1) is 13.4. The summed E-state index contributed by atoms with van der Waals surface area (Å²) in [6.07, 6.45) is 0. The summed E-state index contributed by atoms with van der Waals surface area (Å²) in [7, 11) is 0. The second-order valence-corrected chi connectivity index (χ2v) is 4.46. The molecule has 1 amide bonds. The molecule has 0 fully saturated rings. The standard InChI is InChI=1S/C14H12ClFN2O/c1-9-5-6-12(8-13(9)15)17-18-14(19)10-3-2-4-11(16)7-10/h2-8,17H,1H3,(H,18,19). The van der Waals surface area contributed by atoms with Gasteiger partial charge in [0.1, 0.15) is 5.82 Å². The van der Waals surface area contributed by atoms with Crippen molar-refractivity contribution in [3.05, 3.63) is 64.4 Å². The van der Waals surface area contributed by atoms with Crippen molar-refractivity contribution in [2.75, 3.05) is 5.43 Å². The normalized spacial score (nSPS) is 10.1. The molecule has 0 atom stereocenters. The van der Waals surface area contributed by atoms with Gasteiger partial charge < -0.3 is 0 Å². The van der Waals surface area contributed by atoms with Crippen molar-refractivity contribution in [3.63, 3.8) is 0 Å². The number of anilines is 1. The van der Waals surface area contributed by atoms with Crippen LogP contribution in [0.2, 0.25) is 5.02 Å². The van der Waals surface area contributed by atoms with Crippen molar-refractivity contribution in [2.45, 2.75) is 6.92 Å². The molecule has 2 aromatic carbocycles. The molecule has 0 saturated carbocycles. The maximum absolute atomic E-state index is 13.0. The number of amides is 1. The number of hydrazine groups is 1. The minimum atomic E-state index is -0.453. The number of nitrogens with one attached hydrogen (secondary N) is 2. The Morgan fingerprint density at radius 3 is 2.68 bits per heavy atom. The summed E-state index contributed by atoms with van der Waals surface area (Å²) in [6, 6.07) is 10.8. The van der Waals surface area contributed by atoms with Crippen molar-refractivity contribution in [1.29, 1.82) is 0 Å². The van der Waals surface area contributed by atoms with Crippen LogP contribution in [0.15, 0.2) is 42.5 Å². The van der Waals surface area contributed by atoms with Crippen LogP contribution in [0.25, 0.3) is 0 Å². The lowest BCUT2D eigenvalue weighted by Gasteiger charge is -2.09. The van der Waals surface area contributed by atoms with Crippen LogP contribution in [0, 0.1) is 12.7 Å². The van der Waals surface area contributed by atoms with Gasteiger partial charge in [-0.15, -0.1) is 0 Å². The SMILES string of the molecule is Cc1ccc(NNC(=O)c2cccc(F)c2)cc1Cl. The molecule has 0 unspecified atom stereocenters. The molecule has 0 aliphatic heterocycles. The van der Waals surface area contributed by atoms with Gasteiger partial charge in [0.05, 0.1) is 5.69 Å². The quantitative estimate of drug-likeness (QED) is 0.843. The third-order valence-electron chi connectivity index (χ3n) is 2.58. The second kappa shape index (κ2) is 5.71. The Morgan fingerprint density at radius 1 is 1.21 bits per heavy atom. The largest absolute Gasteiger partial charge is 0.298 e. The molecule has 0 heterocycles. The van der Waals surface area contributed by atoms with Crippen molar-refractivity contribution in [2.24, 2.45) is 0 Å². The van der Waals surface area contributed by atoms with Crippen molar-refractivity contribution >= 4 is 23.2 Å². The summed E-state index contributed by atoms with van der Waals surface area (Å²) in [5.41, 5.74) is 7.04. The maximum Gasteiger partial charge on any atom is 0.269 e. The van der Waals surface area contributed by atoms with E-state index in [2.05, 4.69) is 10.9 Å². The Morgan fingerprint density at radius 2 is 2.00 bits per heavy atom. The molecule has 0 aromatic heterocycles. The number of rotatable bonds is 3. The monoisotopic (exact) mass is 278 g/mol. The zero-order valence-corrected chi connectivity index (χ0v) is 11.0. The summed E-state index contributed by atoms with van der Waals surface area (Å²) in [6.45, 7) is 1.89. The average Bonchev–Trinajstić information content (AvgIpc) is 2.40. The van der Waals surface area contributed by atoms with Gasteiger partial charge in [-0.2, -0.15) is 0 Å². The third kappa shape index (κ3) is 3.45. The number of carbonyl (C=O) groups excluding carboxylic acids is 1. The van der Waals surface area contributed by atoms with Gasteiger partial charge in [0.15, 0.2) is 0 Å². The van der Waals surface area contributed by atoms with Gasteiger partial charge in [0, 0.05) is 10.6 Å². The molecule has 0 saturated heterocycles. The highest BCUT2D eigenvalue weighted by atomic mass is 35.5. The number of aryl methyl sites for hydroxylation is 1. The molecule has 3 nitrogen and oxygen atoms in total. The second-order valence-electron chi connectivity index (χ2n) is 4.05. The van der Waals surface area contributed by atoms with Gasteiger partial charge in [-0.3, -0.25) is 15.6 Å². The fourth-order valence-electron chi connectivity index (χ4n) is 1.50. The molecule has 0 bridgehead atoms. The van der Waals surface area contributed by atoms with Gasteiger partial charge in [0.25, 0.3) is 5.91 Å². The van der Waals surface area contributed by atoms with E-state index >= 15 is 0 Å². The van der Waals surface area contributed by atoms with Crippen LogP contribution in [0.1, 0.15) is 15.9 Å². The van der Waals surface area contributed by atoms with Gasteiger partial charge in [-0.25, -0.2) is 4.39 Å². The van der Waals surface area contributed by atoms with E-state index in [1.165, 1.54) is 24.3 Å². The van der Waals surface area contributed by atoms with Crippen LogP contribution in [0.5, 0.6) is 0 Å². The highest BCUT2D eigenvalue weighted by molar-refractivity contribution is 6.31. The lowest BCUT2D eigenvalue weighted by molar-refractivity contribution is 0.0962. The molecule has 98 valence electrons. The molecule has 0 aliphatic carbocycles. The molecule has 2 rings (SSSR count). The number of halogens is 2. The summed E-state index contributed by atoms with van der Waals surface area (Å²) >= 11 is 5.96. The van der Waals surface area contributed by atoms with Crippen LogP contribution in [0.4, 0.5) is 10.1 Å². The first-order chi connectivity index (χ1) is 9.06. The topological polar surface area (TPSA) is 41.1 Å². The summed E-state index contributed by atoms with van der Waals surface area (Å²) in [5.74, 6) is -0.873. The molecular weight excluding hydrogens is 267 g/mol. The van der Waals surface area contributed by atoms with E-state index in [1.807, 2.05) is 13.0 Å². The molecular formula is C14H12ClFN2O. The lowest BCUT2D eigenvalue weighted by Crippen LogP contribution is -2.29. The molecule has 2 aromatic rings. The van der Waals surface area contributed by atoms with E-state index in [-0.39, 0.29) is 5.56 Å². The molecule has 0 spiro atoms. The molecule has 2 N–H and O–H groups in total. The van der Waals surface area contributed by atoms with Crippen LogP contribution >= 0.6 is 11.6 Å². The molecule has 0 aliphatic rings. The van der Waals surface area contributed by atoms with E-state index in [4.69, 9.17) is 11.6 Å². The van der Waals surface area contributed by atoms with Crippen molar-refractivity contribution in [1.82, 2.24) is 5.43 Å². The molecule has 19 heavy (non-hydrogen) atoms. The highest BCUT2D eigenvalue weighted by Crippen LogP contribution is 2.19. The van der Waals surface area contributed by atoms with Crippen molar-refractivity contribution in [3.8, 4) is 0 Å². The van der Waals surface area contributed by atoms with Gasteiger partial charge in [0.2, 0.25) is 0 Å². The summed E-state index contributed by atoms with van der Waals surface area (Å²) in [4.78, 5) is 11.7. The Hall–Kier alpha value is -2.07. The zero-order valence-electron chi connectivity index (χ0n) is 10.2. The average molecular weight is 279 g/mol. The smallest absolute Gasteiger partial charge is 0.269 e. The predicted octanol–water partition coefficient (Wildman–Crippen LogP) is 3.54. The first-order valence-electron chi connectivity index (χ1n) is 5.64. The van der Waals surface area contributed by atoms with Crippen molar-refractivity contribution < 1.29 is 9.18 Å². The number of hydrogen-bond donors (Lipinski definition) is 2. The van der Waals surface area contributed by atoms with E-state index in [1.54, 1.807) is 12.1 Å². The van der Waals surface area contributed by atoms with Gasteiger partial charge in [-0.1, -0.05) is 23.7 Å². The van der Waals surface area contributed by atoms with E-state index < -0.39 is 11.7 Å². The number of benzene rings is 2. The number of hydrogen-bond acceptors (Lipinski definition) is 2. The Kier molecular flexibility index (Phi) is 4.02. The van der Waals surface area contributed by atoms with Crippen LogP contribution in [-0.4, -0.2) is 5.91 Å². The molecule has 5 heteroatoms.